The van der Waals surface area contributed by atoms with Gasteiger partial charge in [0, 0.05) is 22.1 Å². The molecule has 6 aromatic carbocycles. The van der Waals surface area contributed by atoms with Gasteiger partial charge in [0.2, 0.25) is 0 Å². The maximum atomic E-state index is 5.14. The van der Waals surface area contributed by atoms with Gasteiger partial charge in [0.15, 0.2) is 17.5 Å². The Hall–Kier alpha value is -5.67. The predicted octanol–water partition coefficient (Wildman–Crippen LogP) is 10.5. The van der Waals surface area contributed by atoms with Crippen molar-refractivity contribution >= 4 is 0 Å². The predicted molar refractivity (Wildman–Crippen MR) is 185 cm³/mol. The Balaban J connectivity index is 1.29. The minimum absolute atomic E-state index is 0.110. The number of benzene rings is 6. The third kappa shape index (κ3) is 4.74. The quantitative estimate of drug-likeness (QED) is 0.204. The first-order valence-electron chi connectivity index (χ1n) is 15.4. The summed E-state index contributed by atoms with van der Waals surface area (Å²) >= 11 is 0. The van der Waals surface area contributed by atoms with Crippen LogP contribution in [0.1, 0.15) is 25.0 Å². The van der Waals surface area contributed by atoms with Gasteiger partial charge in [-0.1, -0.05) is 166 Å². The van der Waals surface area contributed by atoms with Crippen molar-refractivity contribution in [2.45, 2.75) is 19.3 Å². The number of aromatic nitrogens is 3. The van der Waals surface area contributed by atoms with E-state index in [4.69, 9.17) is 15.0 Å². The highest BCUT2D eigenvalue weighted by Gasteiger charge is 2.37. The van der Waals surface area contributed by atoms with E-state index in [9.17, 15) is 0 Å². The summed E-state index contributed by atoms with van der Waals surface area (Å²) in [5.41, 5.74) is 12.6. The second-order valence-corrected chi connectivity index (χ2v) is 12.1. The van der Waals surface area contributed by atoms with Gasteiger partial charge in [0.1, 0.15) is 0 Å². The van der Waals surface area contributed by atoms with Gasteiger partial charge in [-0.05, 0) is 44.5 Å². The molecule has 0 radical (unpaired) electrons. The molecule has 0 spiro atoms. The molecule has 7 aromatic rings. The first kappa shape index (κ1) is 26.9. The third-order valence-corrected chi connectivity index (χ3v) is 8.98. The molecule has 214 valence electrons. The van der Waals surface area contributed by atoms with Crippen LogP contribution in [0.2, 0.25) is 0 Å². The summed E-state index contributed by atoms with van der Waals surface area (Å²) in [4.78, 5) is 15.3. The van der Waals surface area contributed by atoms with Crippen molar-refractivity contribution < 1.29 is 0 Å². The van der Waals surface area contributed by atoms with Crippen LogP contribution in [0.25, 0.3) is 67.5 Å². The first-order valence-corrected chi connectivity index (χ1v) is 15.4. The van der Waals surface area contributed by atoms with Crippen LogP contribution in [0, 0.1) is 0 Å². The maximum absolute atomic E-state index is 5.14. The van der Waals surface area contributed by atoms with E-state index in [1.807, 2.05) is 12.1 Å². The second-order valence-electron chi connectivity index (χ2n) is 12.1. The molecule has 3 heteroatoms. The van der Waals surface area contributed by atoms with Crippen LogP contribution in [0.15, 0.2) is 152 Å². The van der Waals surface area contributed by atoms with E-state index in [0.29, 0.717) is 17.5 Å². The van der Waals surface area contributed by atoms with Gasteiger partial charge in [-0.25, -0.2) is 15.0 Å². The molecule has 0 unspecified atom stereocenters. The molecule has 8 rings (SSSR count). The minimum Gasteiger partial charge on any atom is -0.208 e. The summed E-state index contributed by atoms with van der Waals surface area (Å²) in [6.07, 6.45) is 0. The molecule has 0 amide bonds. The minimum atomic E-state index is -0.110. The fourth-order valence-electron chi connectivity index (χ4n) is 6.58. The van der Waals surface area contributed by atoms with Gasteiger partial charge in [-0.15, -0.1) is 0 Å². The molecule has 45 heavy (non-hydrogen) atoms. The summed E-state index contributed by atoms with van der Waals surface area (Å²) < 4.78 is 0. The fraction of sp³-hybridized carbons (Fsp3) is 0.0714. The zero-order chi connectivity index (χ0) is 30.4. The van der Waals surface area contributed by atoms with Gasteiger partial charge in [-0.2, -0.15) is 0 Å². The molecule has 0 atom stereocenters. The summed E-state index contributed by atoms with van der Waals surface area (Å²) in [6.45, 7) is 4.60. The normalized spacial score (nSPS) is 12.8. The van der Waals surface area contributed by atoms with Crippen LogP contribution in [-0.4, -0.2) is 15.0 Å². The summed E-state index contributed by atoms with van der Waals surface area (Å²) in [6, 6.07) is 53.1. The smallest absolute Gasteiger partial charge is 0.164 e. The van der Waals surface area contributed by atoms with Crippen molar-refractivity contribution in [3.8, 4) is 67.5 Å². The van der Waals surface area contributed by atoms with Crippen molar-refractivity contribution in [3.63, 3.8) is 0 Å². The molecule has 0 fully saturated rings. The molecule has 1 aromatic heterocycles. The van der Waals surface area contributed by atoms with Crippen molar-refractivity contribution in [1.29, 1.82) is 0 Å². The van der Waals surface area contributed by atoms with Crippen LogP contribution >= 0.6 is 0 Å². The Morgan fingerprint density at radius 2 is 0.733 bits per heavy atom. The van der Waals surface area contributed by atoms with Crippen LogP contribution in [-0.2, 0) is 5.41 Å². The van der Waals surface area contributed by atoms with Crippen molar-refractivity contribution in [2.24, 2.45) is 0 Å². The van der Waals surface area contributed by atoms with E-state index in [2.05, 4.69) is 153 Å². The molecule has 0 saturated carbocycles. The first-order chi connectivity index (χ1) is 22.1. The van der Waals surface area contributed by atoms with E-state index in [1.165, 1.54) is 33.4 Å². The largest absolute Gasteiger partial charge is 0.208 e. The van der Waals surface area contributed by atoms with Gasteiger partial charge in [0.05, 0.1) is 0 Å². The van der Waals surface area contributed by atoms with Crippen molar-refractivity contribution in [2.75, 3.05) is 0 Å². The highest BCUT2D eigenvalue weighted by Crippen LogP contribution is 2.51. The van der Waals surface area contributed by atoms with Crippen LogP contribution < -0.4 is 0 Å². The molecule has 1 aliphatic rings. The Morgan fingerprint density at radius 3 is 1.29 bits per heavy atom. The van der Waals surface area contributed by atoms with Gasteiger partial charge < -0.3 is 0 Å². The number of nitrogens with zero attached hydrogens (tertiary/aromatic N) is 3. The lowest BCUT2D eigenvalue weighted by Crippen LogP contribution is -2.14. The highest BCUT2D eigenvalue weighted by molar-refractivity contribution is 5.91. The molecule has 0 N–H and O–H groups in total. The number of fused-ring (bicyclic) bond motifs is 3. The van der Waals surface area contributed by atoms with Crippen molar-refractivity contribution in [3.05, 3.63) is 163 Å². The molecule has 0 bridgehead atoms. The molecular weight excluding hydrogens is 546 g/mol. The zero-order valence-electron chi connectivity index (χ0n) is 25.3. The van der Waals surface area contributed by atoms with Gasteiger partial charge in [-0.3, -0.25) is 0 Å². The SMILES string of the molecule is CC1(C)c2ccccc2-c2c(-c3nc(-c4ccc(-c5ccccc5)cc4)nc(-c4ccc(-c5ccccc5)cc4)n3)cccc21. The lowest BCUT2D eigenvalue weighted by molar-refractivity contribution is 0.660. The Kier molecular flexibility index (Phi) is 6.46. The Labute approximate surface area is 264 Å². The Bertz CT molecular complexity index is 2050. The third-order valence-electron chi connectivity index (χ3n) is 8.98. The van der Waals surface area contributed by atoms with Crippen LogP contribution in [0.3, 0.4) is 0 Å². The van der Waals surface area contributed by atoms with Gasteiger partial charge in [0.25, 0.3) is 0 Å². The number of rotatable bonds is 5. The topological polar surface area (TPSA) is 38.7 Å². The van der Waals surface area contributed by atoms with Crippen LogP contribution in [0.4, 0.5) is 0 Å². The second kappa shape index (κ2) is 10.8. The van der Waals surface area contributed by atoms with Gasteiger partial charge >= 0.3 is 0 Å². The standard InChI is InChI=1S/C42H31N3/c1-42(2)36-18-10-9-16-34(36)38-35(17-11-19-37(38)42)41-44-39(32-24-20-30(21-25-32)28-12-5-3-6-13-28)43-40(45-41)33-26-22-31(23-27-33)29-14-7-4-8-15-29/h3-27H,1-2H3. The lowest BCUT2D eigenvalue weighted by Gasteiger charge is -2.21. The highest BCUT2D eigenvalue weighted by atomic mass is 15.0. The van der Waals surface area contributed by atoms with E-state index in [-0.39, 0.29) is 5.41 Å². The number of hydrogen-bond acceptors (Lipinski definition) is 3. The molecule has 0 aliphatic heterocycles. The average Bonchev–Trinajstić information content (AvgIpc) is 3.35. The summed E-state index contributed by atoms with van der Waals surface area (Å²) in [5.74, 6) is 1.99. The fourth-order valence-corrected chi connectivity index (χ4v) is 6.58. The Morgan fingerprint density at radius 1 is 0.333 bits per heavy atom. The summed E-state index contributed by atoms with van der Waals surface area (Å²) in [5, 5.41) is 0. The summed E-state index contributed by atoms with van der Waals surface area (Å²) in [7, 11) is 0. The maximum Gasteiger partial charge on any atom is 0.164 e. The van der Waals surface area contributed by atoms with Crippen LogP contribution in [0.5, 0.6) is 0 Å². The molecule has 1 aliphatic carbocycles. The number of hydrogen-bond donors (Lipinski definition) is 0. The van der Waals surface area contributed by atoms with E-state index in [1.54, 1.807) is 0 Å². The average molecular weight is 578 g/mol. The van der Waals surface area contributed by atoms with E-state index in [0.717, 1.165) is 27.8 Å². The lowest BCUT2D eigenvalue weighted by atomic mass is 9.82. The zero-order valence-corrected chi connectivity index (χ0v) is 25.3. The molecular formula is C42H31N3. The monoisotopic (exact) mass is 577 g/mol. The van der Waals surface area contributed by atoms with E-state index >= 15 is 0 Å². The van der Waals surface area contributed by atoms with Crippen molar-refractivity contribution in [1.82, 2.24) is 15.0 Å². The molecule has 1 heterocycles. The molecule has 3 nitrogen and oxygen atoms in total. The molecule has 0 saturated heterocycles. The van der Waals surface area contributed by atoms with E-state index < -0.39 is 0 Å².